The summed E-state index contributed by atoms with van der Waals surface area (Å²) in [7, 11) is 0. The van der Waals surface area contributed by atoms with Gasteiger partial charge in [-0.05, 0) is 62.6 Å². The van der Waals surface area contributed by atoms with Gasteiger partial charge in [0.05, 0.1) is 0 Å². The van der Waals surface area contributed by atoms with Crippen LogP contribution in [0.25, 0.3) is 0 Å². The Morgan fingerprint density at radius 1 is 0.969 bits per heavy atom. The Hall–Kier alpha value is -3.26. The Morgan fingerprint density at radius 3 is 2.16 bits per heavy atom. The van der Waals surface area contributed by atoms with Crippen LogP contribution >= 0.6 is 0 Å². The first-order valence-electron chi connectivity index (χ1n) is 10.6. The van der Waals surface area contributed by atoms with E-state index in [4.69, 9.17) is 10.2 Å². The molecule has 1 aromatic carbocycles. The minimum Gasteiger partial charge on any atom is -0.478 e. The molecule has 8 heteroatoms. The fourth-order valence-electron chi connectivity index (χ4n) is 3.36. The molecule has 7 nitrogen and oxygen atoms in total. The van der Waals surface area contributed by atoms with Gasteiger partial charge in [0.25, 0.3) is 0 Å². The van der Waals surface area contributed by atoms with Crippen molar-refractivity contribution in [1.29, 1.82) is 0 Å². The zero-order valence-corrected chi connectivity index (χ0v) is 18.3. The number of halogens is 1. The number of carboxylic acid groups (broad SMARTS) is 2. The van der Waals surface area contributed by atoms with E-state index in [9.17, 15) is 14.0 Å². The molecule has 0 saturated carbocycles. The van der Waals surface area contributed by atoms with Crippen molar-refractivity contribution >= 4 is 17.8 Å². The van der Waals surface area contributed by atoms with E-state index in [1.165, 1.54) is 12.0 Å². The molecule has 0 unspecified atom stereocenters. The van der Waals surface area contributed by atoms with Gasteiger partial charge in [-0.25, -0.2) is 19.0 Å². The number of anilines is 1. The molecule has 2 heterocycles. The molecule has 1 fully saturated rings. The normalized spacial score (nSPS) is 14.1. The second-order valence-corrected chi connectivity index (χ2v) is 7.56. The number of aromatic nitrogens is 1. The SMILES string of the molecule is Cc1cccc(N2CCN(CCCCc3ccc(F)cc3)CC2)n1.O=C(O)/C=C/C(=O)O. The predicted octanol–water partition coefficient (Wildman–Crippen LogP) is 3.39. The molecule has 0 atom stereocenters. The van der Waals surface area contributed by atoms with Gasteiger partial charge in [0.1, 0.15) is 11.6 Å². The molecule has 1 aliphatic heterocycles. The molecule has 172 valence electrons. The Labute approximate surface area is 187 Å². The number of hydrogen-bond acceptors (Lipinski definition) is 5. The first-order valence-corrected chi connectivity index (χ1v) is 10.6. The van der Waals surface area contributed by atoms with Gasteiger partial charge in [0, 0.05) is 44.0 Å². The third-order valence-corrected chi connectivity index (χ3v) is 5.04. The van der Waals surface area contributed by atoms with Gasteiger partial charge in [-0.1, -0.05) is 18.2 Å². The highest BCUT2D eigenvalue weighted by atomic mass is 19.1. The summed E-state index contributed by atoms with van der Waals surface area (Å²) < 4.78 is 12.9. The summed E-state index contributed by atoms with van der Waals surface area (Å²) in [5.41, 5.74) is 2.31. The molecule has 3 rings (SSSR count). The van der Waals surface area contributed by atoms with Gasteiger partial charge < -0.3 is 15.1 Å². The molecular formula is C24H30FN3O4. The van der Waals surface area contributed by atoms with E-state index in [0.29, 0.717) is 12.2 Å². The first kappa shape index (κ1) is 25.0. The van der Waals surface area contributed by atoms with Crippen LogP contribution in [0.1, 0.15) is 24.1 Å². The van der Waals surface area contributed by atoms with Crippen LogP contribution in [0.3, 0.4) is 0 Å². The fourth-order valence-corrected chi connectivity index (χ4v) is 3.36. The van der Waals surface area contributed by atoms with Gasteiger partial charge in [0.2, 0.25) is 0 Å². The molecule has 0 bridgehead atoms. The smallest absolute Gasteiger partial charge is 0.328 e. The fraction of sp³-hybridized carbons (Fsp3) is 0.375. The summed E-state index contributed by atoms with van der Waals surface area (Å²) in [6.07, 6.45) is 4.50. The highest BCUT2D eigenvalue weighted by Crippen LogP contribution is 2.14. The molecule has 2 N–H and O–H groups in total. The van der Waals surface area contributed by atoms with E-state index in [0.717, 1.165) is 57.1 Å². The molecule has 32 heavy (non-hydrogen) atoms. The Balaban J connectivity index is 0.000000390. The van der Waals surface area contributed by atoms with Crippen LogP contribution in [0.4, 0.5) is 10.2 Å². The number of unbranched alkanes of at least 4 members (excludes halogenated alkanes) is 1. The van der Waals surface area contributed by atoms with Crippen molar-refractivity contribution in [2.45, 2.75) is 26.2 Å². The van der Waals surface area contributed by atoms with Gasteiger partial charge in [-0.2, -0.15) is 0 Å². The van der Waals surface area contributed by atoms with Crippen LogP contribution in [0.2, 0.25) is 0 Å². The third kappa shape index (κ3) is 9.70. The summed E-state index contributed by atoms with van der Waals surface area (Å²) in [6.45, 7) is 7.50. The number of hydrogen-bond donors (Lipinski definition) is 2. The molecule has 1 aliphatic rings. The van der Waals surface area contributed by atoms with E-state index >= 15 is 0 Å². The van der Waals surface area contributed by atoms with E-state index in [1.807, 2.05) is 25.1 Å². The molecule has 0 spiro atoms. The monoisotopic (exact) mass is 443 g/mol. The minimum absolute atomic E-state index is 0.153. The van der Waals surface area contributed by atoms with Crippen molar-refractivity contribution in [3.63, 3.8) is 0 Å². The molecule has 0 amide bonds. The lowest BCUT2D eigenvalue weighted by molar-refractivity contribution is -0.134. The number of benzene rings is 1. The zero-order chi connectivity index (χ0) is 23.3. The maximum absolute atomic E-state index is 12.9. The predicted molar refractivity (Wildman–Crippen MR) is 121 cm³/mol. The zero-order valence-electron chi connectivity index (χ0n) is 18.3. The van der Waals surface area contributed by atoms with E-state index in [2.05, 4.69) is 26.9 Å². The second kappa shape index (κ2) is 13.2. The topological polar surface area (TPSA) is 94.0 Å². The van der Waals surface area contributed by atoms with Crippen LogP contribution < -0.4 is 4.90 Å². The molecule has 0 radical (unpaired) electrons. The minimum atomic E-state index is -1.26. The van der Waals surface area contributed by atoms with Crippen LogP contribution in [0.5, 0.6) is 0 Å². The van der Waals surface area contributed by atoms with Gasteiger partial charge in [0.15, 0.2) is 0 Å². The van der Waals surface area contributed by atoms with Crippen LogP contribution in [0, 0.1) is 12.7 Å². The summed E-state index contributed by atoms with van der Waals surface area (Å²) >= 11 is 0. The number of carbonyl (C=O) groups is 2. The Bertz CT molecular complexity index is 878. The Morgan fingerprint density at radius 2 is 1.59 bits per heavy atom. The average molecular weight is 444 g/mol. The summed E-state index contributed by atoms with van der Waals surface area (Å²) in [5, 5.41) is 15.6. The molecule has 1 aromatic heterocycles. The maximum Gasteiger partial charge on any atom is 0.328 e. The molecule has 0 aliphatic carbocycles. The summed E-state index contributed by atoms with van der Waals surface area (Å²) in [5.74, 6) is -1.56. The van der Waals surface area contributed by atoms with E-state index in [-0.39, 0.29) is 5.82 Å². The van der Waals surface area contributed by atoms with Crippen molar-refractivity contribution < 1.29 is 24.2 Å². The van der Waals surface area contributed by atoms with Crippen molar-refractivity contribution in [3.8, 4) is 0 Å². The third-order valence-electron chi connectivity index (χ3n) is 5.04. The van der Waals surface area contributed by atoms with E-state index < -0.39 is 11.9 Å². The van der Waals surface area contributed by atoms with Crippen LogP contribution in [0.15, 0.2) is 54.6 Å². The number of rotatable bonds is 8. The number of carboxylic acids is 2. The molecule has 2 aromatic rings. The van der Waals surface area contributed by atoms with Crippen molar-refractivity contribution in [1.82, 2.24) is 9.88 Å². The number of aryl methyl sites for hydroxylation is 2. The lowest BCUT2D eigenvalue weighted by atomic mass is 10.1. The maximum atomic E-state index is 12.9. The van der Waals surface area contributed by atoms with Crippen LogP contribution in [-0.2, 0) is 16.0 Å². The number of nitrogens with zero attached hydrogens (tertiary/aromatic N) is 3. The summed E-state index contributed by atoms with van der Waals surface area (Å²) in [4.78, 5) is 28.6. The van der Waals surface area contributed by atoms with E-state index in [1.54, 1.807) is 12.1 Å². The standard InChI is InChI=1S/C20H26FN3.C4H4O4/c1-17-5-4-7-20(22-17)24-15-13-23(14-16-24)12-3-2-6-18-8-10-19(21)11-9-18;5-3(6)1-2-4(7)8/h4-5,7-11H,2-3,6,12-16H2,1H3;1-2H,(H,5,6)(H,7,8)/b;2-1+. The van der Waals surface area contributed by atoms with Gasteiger partial charge >= 0.3 is 11.9 Å². The van der Waals surface area contributed by atoms with Gasteiger partial charge in [-0.3, -0.25) is 4.90 Å². The van der Waals surface area contributed by atoms with Crippen molar-refractivity contribution in [2.24, 2.45) is 0 Å². The quantitative estimate of drug-likeness (QED) is 0.477. The lowest BCUT2D eigenvalue weighted by Gasteiger charge is -2.35. The van der Waals surface area contributed by atoms with Crippen molar-refractivity contribution in [2.75, 3.05) is 37.6 Å². The molecular weight excluding hydrogens is 413 g/mol. The van der Waals surface area contributed by atoms with Gasteiger partial charge in [-0.15, -0.1) is 0 Å². The highest BCUT2D eigenvalue weighted by molar-refractivity contribution is 5.89. The largest absolute Gasteiger partial charge is 0.478 e. The second-order valence-electron chi connectivity index (χ2n) is 7.56. The Kier molecular flexibility index (Phi) is 10.3. The average Bonchev–Trinajstić information content (AvgIpc) is 2.77. The number of aliphatic carboxylic acids is 2. The van der Waals surface area contributed by atoms with Crippen LogP contribution in [-0.4, -0.2) is 64.8 Å². The first-order chi connectivity index (χ1) is 15.3. The lowest BCUT2D eigenvalue weighted by Crippen LogP contribution is -2.46. The summed E-state index contributed by atoms with van der Waals surface area (Å²) in [6, 6.07) is 13.1. The highest BCUT2D eigenvalue weighted by Gasteiger charge is 2.17. The number of pyridine rings is 1. The molecule has 1 saturated heterocycles. The van der Waals surface area contributed by atoms with Crippen molar-refractivity contribution in [3.05, 3.63) is 71.7 Å². The number of piperazine rings is 1.